The number of nitrogens with zero attached hydrogens (tertiary/aromatic N) is 2. The van der Waals surface area contributed by atoms with Gasteiger partial charge in [0.15, 0.2) is 5.13 Å². The lowest BCUT2D eigenvalue weighted by atomic mass is 9.97. The van der Waals surface area contributed by atoms with Gasteiger partial charge in [0.05, 0.1) is 11.6 Å². The molecule has 0 aromatic carbocycles. The molecule has 1 aromatic rings. The Kier molecular flexibility index (Phi) is 4.24. The van der Waals surface area contributed by atoms with Crippen LogP contribution in [-0.2, 0) is 9.59 Å². The molecule has 21 heavy (non-hydrogen) atoms. The summed E-state index contributed by atoms with van der Waals surface area (Å²) in [6.07, 6.45) is 4.68. The summed E-state index contributed by atoms with van der Waals surface area (Å²) in [5.41, 5.74) is 1.11. The van der Waals surface area contributed by atoms with E-state index in [0.29, 0.717) is 24.0 Å². The van der Waals surface area contributed by atoms with Gasteiger partial charge in [-0.2, -0.15) is 0 Å². The Hall–Kier alpha value is -1.43. The lowest BCUT2D eigenvalue weighted by molar-refractivity contribution is -0.134. The van der Waals surface area contributed by atoms with Crippen LogP contribution in [0.25, 0.3) is 0 Å². The van der Waals surface area contributed by atoms with Gasteiger partial charge in [-0.3, -0.25) is 9.59 Å². The molecule has 114 valence electrons. The number of hydrogen-bond acceptors (Lipinski definition) is 4. The van der Waals surface area contributed by atoms with E-state index in [1.807, 2.05) is 17.2 Å². The molecule has 1 aliphatic heterocycles. The number of carbonyl (C=O) groups is 2. The number of piperidine rings is 1. The van der Waals surface area contributed by atoms with E-state index < -0.39 is 0 Å². The van der Waals surface area contributed by atoms with Crippen molar-refractivity contribution in [2.24, 2.45) is 5.92 Å². The average molecular weight is 307 g/mol. The minimum atomic E-state index is -0.109. The van der Waals surface area contributed by atoms with E-state index in [0.717, 1.165) is 25.1 Å². The van der Waals surface area contributed by atoms with Crippen molar-refractivity contribution in [1.29, 1.82) is 0 Å². The highest BCUT2D eigenvalue weighted by Crippen LogP contribution is 2.40. The number of likely N-dealkylation sites (tertiary alicyclic amines) is 1. The van der Waals surface area contributed by atoms with Crippen LogP contribution < -0.4 is 5.32 Å². The first-order valence-electron chi connectivity index (χ1n) is 7.71. The standard InChI is InChI=1S/C15H21N3O2S/c1-2-13(19)18-7-3-4-11(8-18)14(20)17-15-16-12(9-21-15)10-5-6-10/h9-11H,2-8H2,1H3,(H,16,17,20). The fraction of sp³-hybridized carbons (Fsp3) is 0.667. The van der Waals surface area contributed by atoms with E-state index >= 15 is 0 Å². The highest BCUT2D eigenvalue weighted by atomic mass is 32.1. The van der Waals surface area contributed by atoms with Crippen LogP contribution in [-0.4, -0.2) is 34.8 Å². The van der Waals surface area contributed by atoms with Crippen molar-refractivity contribution in [3.8, 4) is 0 Å². The molecule has 2 aliphatic rings. The Balaban J connectivity index is 1.57. The number of aromatic nitrogens is 1. The van der Waals surface area contributed by atoms with Crippen LogP contribution >= 0.6 is 11.3 Å². The summed E-state index contributed by atoms with van der Waals surface area (Å²) in [5, 5.41) is 5.66. The van der Waals surface area contributed by atoms with Gasteiger partial charge < -0.3 is 10.2 Å². The summed E-state index contributed by atoms with van der Waals surface area (Å²) in [6.45, 7) is 3.18. The van der Waals surface area contributed by atoms with Crippen LogP contribution in [0, 0.1) is 5.92 Å². The third-order valence-electron chi connectivity index (χ3n) is 4.20. The largest absolute Gasteiger partial charge is 0.342 e. The molecular formula is C15H21N3O2S. The molecular weight excluding hydrogens is 286 g/mol. The molecule has 0 spiro atoms. The Morgan fingerprint density at radius 2 is 2.24 bits per heavy atom. The Morgan fingerprint density at radius 1 is 1.43 bits per heavy atom. The van der Waals surface area contributed by atoms with Gasteiger partial charge in [-0.25, -0.2) is 4.98 Å². The van der Waals surface area contributed by atoms with E-state index in [9.17, 15) is 9.59 Å². The van der Waals surface area contributed by atoms with Crippen LogP contribution in [0.4, 0.5) is 5.13 Å². The zero-order valence-electron chi connectivity index (χ0n) is 12.3. The highest BCUT2D eigenvalue weighted by Gasteiger charge is 2.29. The number of nitrogens with one attached hydrogen (secondary N) is 1. The molecule has 0 radical (unpaired) electrons. The SMILES string of the molecule is CCC(=O)N1CCCC(C(=O)Nc2nc(C3CC3)cs2)C1. The summed E-state index contributed by atoms with van der Waals surface area (Å²) in [4.78, 5) is 30.4. The quantitative estimate of drug-likeness (QED) is 0.930. The summed E-state index contributed by atoms with van der Waals surface area (Å²) >= 11 is 1.50. The van der Waals surface area contributed by atoms with E-state index in [-0.39, 0.29) is 17.7 Å². The first-order valence-corrected chi connectivity index (χ1v) is 8.59. The molecule has 1 saturated heterocycles. The van der Waals surface area contributed by atoms with Gasteiger partial charge in [-0.1, -0.05) is 6.92 Å². The zero-order valence-corrected chi connectivity index (χ0v) is 13.1. The van der Waals surface area contributed by atoms with Crippen molar-refractivity contribution in [3.63, 3.8) is 0 Å². The predicted octanol–water partition coefficient (Wildman–Crippen LogP) is 2.61. The molecule has 1 unspecified atom stereocenters. The lowest BCUT2D eigenvalue weighted by Crippen LogP contribution is -2.43. The van der Waals surface area contributed by atoms with Crippen LogP contribution in [0.5, 0.6) is 0 Å². The second kappa shape index (κ2) is 6.13. The van der Waals surface area contributed by atoms with Crippen molar-refractivity contribution < 1.29 is 9.59 Å². The fourth-order valence-corrected chi connectivity index (χ4v) is 3.55. The third kappa shape index (κ3) is 3.43. The van der Waals surface area contributed by atoms with Crippen molar-refractivity contribution in [2.75, 3.05) is 18.4 Å². The predicted molar refractivity (Wildman–Crippen MR) is 82.3 cm³/mol. The van der Waals surface area contributed by atoms with Crippen molar-refractivity contribution in [1.82, 2.24) is 9.88 Å². The minimum Gasteiger partial charge on any atom is -0.342 e. The Morgan fingerprint density at radius 3 is 2.95 bits per heavy atom. The van der Waals surface area contributed by atoms with E-state index in [1.165, 1.54) is 24.2 Å². The summed E-state index contributed by atoms with van der Waals surface area (Å²) in [7, 11) is 0. The molecule has 2 fully saturated rings. The van der Waals surface area contributed by atoms with Gasteiger partial charge in [0, 0.05) is 30.8 Å². The topological polar surface area (TPSA) is 62.3 Å². The van der Waals surface area contributed by atoms with Crippen LogP contribution in [0.1, 0.15) is 50.6 Å². The number of thiazole rings is 1. The molecule has 1 saturated carbocycles. The highest BCUT2D eigenvalue weighted by molar-refractivity contribution is 7.13. The molecule has 5 nitrogen and oxygen atoms in total. The smallest absolute Gasteiger partial charge is 0.231 e. The molecule has 2 heterocycles. The summed E-state index contributed by atoms with van der Waals surface area (Å²) < 4.78 is 0. The summed E-state index contributed by atoms with van der Waals surface area (Å²) in [6, 6.07) is 0. The van der Waals surface area contributed by atoms with Gasteiger partial charge in [-0.15, -0.1) is 11.3 Å². The lowest BCUT2D eigenvalue weighted by Gasteiger charge is -2.31. The molecule has 1 aromatic heterocycles. The second-order valence-electron chi connectivity index (χ2n) is 5.87. The van der Waals surface area contributed by atoms with Gasteiger partial charge in [0.25, 0.3) is 0 Å². The molecule has 0 bridgehead atoms. The maximum atomic E-state index is 12.3. The van der Waals surface area contributed by atoms with Crippen LogP contribution in [0.3, 0.4) is 0 Å². The summed E-state index contributed by atoms with van der Waals surface area (Å²) in [5.74, 6) is 0.639. The maximum absolute atomic E-state index is 12.3. The monoisotopic (exact) mass is 307 g/mol. The van der Waals surface area contributed by atoms with Crippen LogP contribution in [0.15, 0.2) is 5.38 Å². The Labute approximate surface area is 128 Å². The second-order valence-corrected chi connectivity index (χ2v) is 6.73. The first kappa shape index (κ1) is 14.5. The molecule has 2 amide bonds. The van der Waals surface area contributed by atoms with Crippen molar-refractivity contribution >= 4 is 28.3 Å². The van der Waals surface area contributed by atoms with E-state index in [4.69, 9.17) is 0 Å². The molecule has 3 rings (SSSR count). The number of anilines is 1. The van der Waals surface area contributed by atoms with Gasteiger partial charge in [0.2, 0.25) is 11.8 Å². The molecule has 6 heteroatoms. The molecule has 1 atom stereocenters. The molecule has 1 aliphatic carbocycles. The van der Waals surface area contributed by atoms with Crippen molar-refractivity contribution in [3.05, 3.63) is 11.1 Å². The number of carbonyl (C=O) groups excluding carboxylic acids is 2. The normalized spacial score (nSPS) is 22.1. The van der Waals surface area contributed by atoms with Gasteiger partial charge >= 0.3 is 0 Å². The Bertz CT molecular complexity index is 539. The van der Waals surface area contributed by atoms with E-state index in [2.05, 4.69) is 10.3 Å². The molecule has 1 N–H and O–H groups in total. The minimum absolute atomic E-state index is 0.000278. The number of hydrogen-bond donors (Lipinski definition) is 1. The first-order chi connectivity index (χ1) is 10.2. The van der Waals surface area contributed by atoms with Crippen LogP contribution in [0.2, 0.25) is 0 Å². The zero-order chi connectivity index (χ0) is 14.8. The fourth-order valence-electron chi connectivity index (χ4n) is 2.76. The average Bonchev–Trinajstić information content (AvgIpc) is 3.27. The van der Waals surface area contributed by atoms with Gasteiger partial charge in [-0.05, 0) is 25.7 Å². The van der Waals surface area contributed by atoms with Crippen molar-refractivity contribution in [2.45, 2.75) is 44.9 Å². The number of rotatable bonds is 4. The maximum Gasteiger partial charge on any atom is 0.231 e. The van der Waals surface area contributed by atoms with E-state index in [1.54, 1.807) is 0 Å². The van der Waals surface area contributed by atoms with Gasteiger partial charge in [0.1, 0.15) is 0 Å². The third-order valence-corrected chi connectivity index (χ3v) is 4.97. The number of amides is 2.